The third-order valence-corrected chi connectivity index (χ3v) is 12.0. The van der Waals surface area contributed by atoms with Gasteiger partial charge >= 0.3 is 0 Å². The van der Waals surface area contributed by atoms with E-state index in [0.29, 0.717) is 36.6 Å². The Labute approximate surface area is 257 Å². The van der Waals surface area contributed by atoms with E-state index in [2.05, 4.69) is 26.6 Å². The molecule has 3 aromatic rings. The van der Waals surface area contributed by atoms with Crippen molar-refractivity contribution in [3.8, 4) is 5.75 Å². The Morgan fingerprint density at radius 1 is 1.05 bits per heavy atom. The fraction of sp³-hybridized carbons (Fsp3) is 0.406. The molecule has 8 nitrogen and oxygen atoms in total. The number of fused-ring (bicyclic) bond motifs is 2. The van der Waals surface area contributed by atoms with Gasteiger partial charge in [-0.1, -0.05) is 53.2 Å². The third-order valence-electron chi connectivity index (χ3n) is 8.80. The number of aliphatic hydroxyl groups excluding tert-OH is 1. The van der Waals surface area contributed by atoms with E-state index in [0.717, 1.165) is 10.8 Å². The summed E-state index contributed by atoms with van der Waals surface area (Å²) in [4.78, 5) is 43.9. The van der Waals surface area contributed by atoms with Gasteiger partial charge in [0.25, 0.3) is 0 Å². The maximum atomic E-state index is 14.3. The molecule has 3 aliphatic heterocycles. The molecule has 7 atom stereocenters. The third kappa shape index (κ3) is 4.77. The number of benzene rings is 3. The highest BCUT2D eigenvalue weighted by Gasteiger charge is 2.76. The highest BCUT2D eigenvalue weighted by molar-refractivity contribution is 9.09. The van der Waals surface area contributed by atoms with Crippen molar-refractivity contribution in [3.63, 3.8) is 0 Å². The first-order valence-electron chi connectivity index (χ1n) is 14.4. The van der Waals surface area contributed by atoms with Crippen LogP contribution in [0.2, 0.25) is 0 Å². The second kappa shape index (κ2) is 11.5. The van der Waals surface area contributed by atoms with Crippen LogP contribution in [0.4, 0.5) is 11.4 Å². The van der Waals surface area contributed by atoms with E-state index in [1.54, 1.807) is 40.9 Å². The highest BCUT2D eigenvalue weighted by Crippen LogP contribution is 2.68. The van der Waals surface area contributed by atoms with Crippen molar-refractivity contribution < 1.29 is 24.2 Å². The Morgan fingerprint density at radius 2 is 1.74 bits per heavy atom. The van der Waals surface area contributed by atoms with Gasteiger partial charge in [0.15, 0.2) is 0 Å². The van der Waals surface area contributed by atoms with Crippen LogP contribution in [0.15, 0.2) is 66.7 Å². The fourth-order valence-electron chi connectivity index (χ4n) is 6.98. The van der Waals surface area contributed by atoms with Crippen molar-refractivity contribution in [2.75, 3.05) is 23.8 Å². The van der Waals surface area contributed by atoms with E-state index in [9.17, 15) is 19.5 Å². The molecule has 3 aromatic carbocycles. The van der Waals surface area contributed by atoms with Crippen molar-refractivity contribution in [1.29, 1.82) is 0 Å². The number of nitrogens with one attached hydrogen (secondary N) is 2. The monoisotopic (exact) mass is 651 g/mol. The van der Waals surface area contributed by atoms with Gasteiger partial charge in [0.05, 0.1) is 35.8 Å². The van der Waals surface area contributed by atoms with E-state index in [1.165, 1.54) is 0 Å². The number of rotatable bonds is 9. The zero-order valence-corrected chi connectivity index (χ0v) is 25.9. The van der Waals surface area contributed by atoms with Gasteiger partial charge in [-0.2, -0.15) is 0 Å². The molecular weight excluding hydrogens is 618 g/mol. The Morgan fingerprint density at radius 3 is 2.43 bits per heavy atom. The molecule has 0 aromatic heterocycles. The SMILES string of the molecule is CCOc1ccc(NC(=O)[C@H]2[C@H]3C(=O)N([C@@H](CC)CO)C(C(=O)Nc4ccc5ccccc5c4)C34CC(Br)[C@@H]2S4)cc1. The number of aliphatic hydroxyl groups is 1. The standard InChI is InChI=1S/C32H34BrN3O5S/c1-3-22(17-37)36-28(30(39)35-21-10-9-18-7-5-6-8-19(18)15-21)32-16-24(33)27(42-32)25(26(32)31(36)40)29(38)34-20-11-13-23(14-12-20)41-4-2/h5-15,22,24-28,37H,3-4,16-17H2,1-2H3,(H,34,38)(H,35,39)/t22-,24?,25-,26-,27-,28?,32?/m0/s1. The average molecular weight is 653 g/mol. The first-order chi connectivity index (χ1) is 20.3. The molecule has 3 unspecified atom stereocenters. The number of carbonyl (C=O) groups excluding carboxylic acids is 3. The molecule has 3 amide bonds. The number of anilines is 2. The summed E-state index contributed by atoms with van der Waals surface area (Å²) >= 11 is 5.38. The van der Waals surface area contributed by atoms with Gasteiger partial charge in [-0.15, -0.1) is 11.8 Å². The first kappa shape index (κ1) is 29.0. The number of thioether (sulfide) groups is 1. The van der Waals surface area contributed by atoms with Gasteiger partial charge in [0.2, 0.25) is 17.7 Å². The molecule has 3 saturated heterocycles. The normalized spacial score (nSPS) is 28.5. The van der Waals surface area contributed by atoms with Crippen LogP contribution >= 0.6 is 27.7 Å². The summed E-state index contributed by atoms with van der Waals surface area (Å²) in [6.07, 6.45) is 1.05. The van der Waals surface area contributed by atoms with Crippen LogP contribution in [0.25, 0.3) is 10.8 Å². The summed E-state index contributed by atoms with van der Waals surface area (Å²) in [6, 6.07) is 19.4. The molecule has 3 fully saturated rings. The van der Waals surface area contributed by atoms with E-state index in [-0.39, 0.29) is 34.4 Å². The van der Waals surface area contributed by atoms with Crippen molar-refractivity contribution in [1.82, 2.24) is 4.90 Å². The lowest BCUT2D eigenvalue weighted by Gasteiger charge is -2.37. The zero-order valence-electron chi connectivity index (χ0n) is 23.5. The molecule has 3 heterocycles. The fourth-order valence-corrected chi connectivity index (χ4v) is 10.6. The van der Waals surface area contributed by atoms with E-state index >= 15 is 0 Å². The summed E-state index contributed by atoms with van der Waals surface area (Å²) in [6.45, 7) is 4.09. The van der Waals surface area contributed by atoms with Gasteiger partial charge in [-0.25, -0.2) is 0 Å². The lowest BCUT2D eigenvalue weighted by atomic mass is 9.70. The number of ether oxygens (including phenoxy) is 1. The molecule has 3 aliphatic rings. The Balaban J connectivity index is 1.33. The molecule has 220 valence electrons. The Hall–Kier alpha value is -3.08. The largest absolute Gasteiger partial charge is 0.494 e. The number of halogens is 1. The molecular formula is C32H34BrN3O5S. The smallest absolute Gasteiger partial charge is 0.248 e. The minimum Gasteiger partial charge on any atom is -0.494 e. The van der Waals surface area contributed by atoms with Crippen molar-refractivity contribution in [2.24, 2.45) is 11.8 Å². The maximum Gasteiger partial charge on any atom is 0.248 e. The van der Waals surface area contributed by atoms with Gasteiger partial charge in [0, 0.05) is 21.5 Å². The summed E-state index contributed by atoms with van der Waals surface area (Å²) < 4.78 is 4.71. The molecule has 3 N–H and O–H groups in total. The highest BCUT2D eigenvalue weighted by atomic mass is 79.9. The van der Waals surface area contributed by atoms with Crippen LogP contribution < -0.4 is 15.4 Å². The topological polar surface area (TPSA) is 108 Å². The van der Waals surface area contributed by atoms with Gasteiger partial charge in [-0.3, -0.25) is 14.4 Å². The molecule has 2 bridgehead atoms. The first-order valence-corrected chi connectivity index (χ1v) is 16.2. The van der Waals surface area contributed by atoms with Crippen molar-refractivity contribution in [2.45, 2.75) is 53.6 Å². The summed E-state index contributed by atoms with van der Waals surface area (Å²) in [5.74, 6) is -1.39. The van der Waals surface area contributed by atoms with Crippen LogP contribution in [0.3, 0.4) is 0 Å². The molecule has 0 saturated carbocycles. The van der Waals surface area contributed by atoms with Crippen molar-refractivity contribution >= 4 is 67.6 Å². The van der Waals surface area contributed by atoms with Gasteiger partial charge in [0.1, 0.15) is 11.8 Å². The predicted octanol–water partition coefficient (Wildman–Crippen LogP) is 5.05. The lowest BCUT2D eigenvalue weighted by Crippen LogP contribution is -2.55. The number of hydrogen-bond donors (Lipinski definition) is 3. The lowest BCUT2D eigenvalue weighted by molar-refractivity contribution is -0.141. The summed E-state index contributed by atoms with van der Waals surface area (Å²) in [5.41, 5.74) is 1.26. The second-order valence-corrected chi connectivity index (χ2v) is 13.9. The number of amides is 3. The quantitative estimate of drug-likeness (QED) is 0.280. The maximum absolute atomic E-state index is 14.3. The average Bonchev–Trinajstić information content (AvgIpc) is 3.58. The number of hydrogen-bond acceptors (Lipinski definition) is 6. The number of carbonyl (C=O) groups is 3. The van der Waals surface area contributed by atoms with Crippen LogP contribution in [-0.4, -0.2) is 67.8 Å². The van der Waals surface area contributed by atoms with Crippen LogP contribution in [-0.2, 0) is 14.4 Å². The molecule has 42 heavy (non-hydrogen) atoms. The van der Waals surface area contributed by atoms with E-state index < -0.39 is 28.7 Å². The molecule has 0 aliphatic carbocycles. The molecule has 10 heteroatoms. The Bertz CT molecular complexity index is 1520. The Kier molecular flexibility index (Phi) is 7.97. The minimum absolute atomic E-state index is 0.0484. The molecule has 1 spiro atoms. The van der Waals surface area contributed by atoms with Crippen molar-refractivity contribution in [3.05, 3.63) is 66.7 Å². The molecule has 0 radical (unpaired) electrons. The van der Waals surface area contributed by atoms with Gasteiger partial charge in [-0.05, 0) is 66.9 Å². The number of likely N-dealkylation sites (tertiary alicyclic amines) is 1. The second-order valence-electron chi connectivity index (χ2n) is 11.2. The number of alkyl halides is 1. The van der Waals surface area contributed by atoms with Crippen LogP contribution in [0, 0.1) is 11.8 Å². The molecule has 6 rings (SSSR count). The van der Waals surface area contributed by atoms with Crippen LogP contribution in [0.5, 0.6) is 5.75 Å². The van der Waals surface area contributed by atoms with E-state index in [4.69, 9.17) is 4.74 Å². The predicted molar refractivity (Wildman–Crippen MR) is 169 cm³/mol. The van der Waals surface area contributed by atoms with Gasteiger partial charge < -0.3 is 25.4 Å². The number of nitrogens with zero attached hydrogens (tertiary/aromatic N) is 1. The summed E-state index contributed by atoms with van der Waals surface area (Å²) in [7, 11) is 0. The zero-order chi connectivity index (χ0) is 29.6. The minimum atomic E-state index is -0.836. The van der Waals surface area contributed by atoms with Crippen LogP contribution in [0.1, 0.15) is 26.7 Å². The van der Waals surface area contributed by atoms with E-state index in [1.807, 2.05) is 56.3 Å². The summed E-state index contributed by atoms with van der Waals surface area (Å²) in [5, 5.41) is 18.3.